The average Bonchev–Trinajstić information content (AvgIpc) is 2.74. The summed E-state index contributed by atoms with van der Waals surface area (Å²) in [6.45, 7) is 3.88. The largest absolute Gasteiger partial charge is 0.467 e. The molecule has 1 atom stereocenters. The molecule has 0 bridgehead atoms. The van der Waals surface area contributed by atoms with Crippen LogP contribution in [0.1, 0.15) is 41.8 Å². The summed E-state index contributed by atoms with van der Waals surface area (Å²) in [5.41, 5.74) is 2.37. The number of nitrogens with one attached hydrogen (secondary N) is 2. The molecule has 2 N–H and O–H groups in total. The normalized spacial score (nSPS) is 12.0. The summed E-state index contributed by atoms with van der Waals surface area (Å²) in [6.07, 6.45) is 2.51. The molecule has 1 heterocycles. The van der Waals surface area contributed by atoms with Crippen molar-refractivity contribution in [1.82, 2.24) is 10.3 Å². The lowest BCUT2D eigenvalue weighted by molar-refractivity contribution is -0.143. The number of hydrogen-bond acceptors (Lipinski definition) is 4. The molecule has 0 unspecified atom stereocenters. The number of H-pyrrole nitrogens is 1. The highest BCUT2D eigenvalue weighted by molar-refractivity contribution is 9.10. The standard InChI is InChI=1S/C24H25BrN2O4/c1-14(2)9-21(24(30)31-3)27-23(29)18-13-26-20-11-16(10-15-7-5-4-6-8-15)19(25)12-17(20)22(18)28/h4-8,11-14,21H,9-10H2,1-3H3,(H,26,28)(H,27,29)/t21-/m0/s1. The molecule has 0 aliphatic rings. The Kier molecular flexibility index (Phi) is 7.28. The van der Waals surface area contributed by atoms with E-state index in [9.17, 15) is 14.4 Å². The van der Waals surface area contributed by atoms with E-state index in [1.54, 1.807) is 6.07 Å². The number of aromatic nitrogens is 1. The van der Waals surface area contributed by atoms with E-state index in [1.165, 1.54) is 13.3 Å². The predicted molar refractivity (Wildman–Crippen MR) is 124 cm³/mol. The fraction of sp³-hybridized carbons (Fsp3) is 0.292. The van der Waals surface area contributed by atoms with E-state index in [0.29, 0.717) is 23.7 Å². The fourth-order valence-corrected chi connectivity index (χ4v) is 3.95. The molecule has 0 saturated carbocycles. The Labute approximate surface area is 189 Å². The molecule has 3 rings (SSSR count). The molecular weight excluding hydrogens is 460 g/mol. The number of benzene rings is 2. The minimum Gasteiger partial charge on any atom is -0.467 e. The Hall–Kier alpha value is -2.93. The highest BCUT2D eigenvalue weighted by atomic mass is 79.9. The zero-order valence-corrected chi connectivity index (χ0v) is 19.3. The van der Waals surface area contributed by atoms with Crippen molar-refractivity contribution in [2.45, 2.75) is 32.7 Å². The van der Waals surface area contributed by atoms with Crippen molar-refractivity contribution in [3.8, 4) is 0 Å². The second-order valence-electron chi connectivity index (χ2n) is 7.86. The number of aromatic amines is 1. The van der Waals surface area contributed by atoms with Gasteiger partial charge in [0.1, 0.15) is 11.6 Å². The zero-order chi connectivity index (χ0) is 22.5. The third kappa shape index (κ3) is 5.41. The first-order valence-electron chi connectivity index (χ1n) is 10.1. The van der Waals surface area contributed by atoms with Gasteiger partial charge in [0, 0.05) is 21.6 Å². The lowest BCUT2D eigenvalue weighted by Crippen LogP contribution is -2.43. The van der Waals surface area contributed by atoms with Gasteiger partial charge in [0.05, 0.1) is 7.11 Å². The molecular formula is C24H25BrN2O4. The minimum absolute atomic E-state index is 0.0483. The Morgan fingerprint density at radius 1 is 1.16 bits per heavy atom. The van der Waals surface area contributed by atoms with Crippen LogP contribution in [0.3, 0.4) is 0 Å². The van der Waals surface area contributed by atoms with E-state index in [0.717, 1.165) is 15.6 Å². The molecule has 1 amide bonds. The molecule has 1 aromatic heterocycles. The van der Waals surface area contributed by atoms with Crippen molar-refractivity contribution in [2.75, 3.05) is 7.11 Å². The van der Waals surface area contributed by atoms with Crippen LogP contribution in [-0.2, 0) is 16.0 Å². The molecule has 6 nitrogen and oxygen atoms in total. The first kappa shape index (κ1) is 22.7. The van der Waals surface area contributed by atoms with Crippen LogP contribution < -0.4 is 10.7 Å². The van der Waals surface area contributed by atoms with E-state index in [2.05, 4.69) is 26.2 Å². The second-order valence-corrected chi connectivity index (χ2v) is 8.72. The maximum absolute atomic E-state index is 13.0. The van der Waals surface area contributed by atoms with E-state index in [4.69, 9.17) is 4.74 Å². The molecule has 0 saturated heterocycles. The number of carbonyl (C=O) groups is 2. The maximum Gasteiger partial charge on any atom is 0.328 e. The van der Waals surface area contributed by atoms with Crippen LogP contribution in [-0.4, -0.2) is 30.0 Å². The van der Waals surface area contributed by atoms with E-state index >= 15 is 0 Å². The van der Waals surface area contributed by atoms with Crippen LogP contribution in [0.2, 0.25) is 0 Å². The Morgan fingerprint density at radius 3 is 2.52 bits per heavy atom. The van der Waals surface area contributed by atoms with Crippen LogP contribution in [0.15, 0.2) is 57.9 Å². The van der Waals surface area contributed by atoms with Gasteiger partial charge in [0.2, 0.25) is 5.43 Å². The van der Waals surface area contributed by atoms with Crippen LogP contribution in [0, 0.1) is 5.92 Å². The second kappa shape index (κ2) is 9.92. The SMILES string of the molecule is COC(=O)[C@H](CC(C)C)NC(=O)c1c[nH]c2cc(Cc3ccccc3)c(Br)cc2c1=O. The van der Waals surface area contributed by atoms with Crippen LogP contribution >= 0.6 is 15.9 Å². The number of rotatable bonds is 7. The molecule has 7 heteroatoms. The van der Waals surface area contributed by atoms with Gasteiger partial charge < -0.3 is 15.0 Å². The van der Waals surface area contributed by atoms with Crippen molar-refractivity contribution in [1.29, 1.82) is 0 Å². The molecule has 0 radical (unpaired) electrons. The smallest absolute Gasteiger partial charge is 0.328 e. The van der Waals surface area contributed by atoms with Crippen molar-refractivity contribution in [2.24, 2.45) is 5.92 Å². The molecule has 0 aliphatic carbocycles. The number of carbonyl (C=O) groups excluding carboxylic acids is 2. The van der Waals surface area contributed by atoms with Gasteiger partial charge in [-0.1, -0.05) is 60.1 Å². The number of ether oxygens (including phenoxy) is 1. The molecule has 2 aromatic carbocycles. The van der Waals surface area contributed by atoms with Crippen molar-refractivity contribution >= 4 is 38.7 Å². The topological polar surface area (TPSA) is 88.3 Å². The van der Waals surface area contributed by atoms with Gasteiger partial charge in [-0.25, -0.2) is 4.79 Å². The first-order valence-corrected chi connectivity index (χ1v) is 10.9. The van der Waals surface area contributed by atoms with E-state index in [-0.39, 0.29) is 11.5 Å². The van der Waals surface area contributed by atoms with Gasteiger partial charge >= 0.3 is 5.97 Å². The third-order valence-electron chi connectivity index (χ3n) is 5.03. The van der Waals surface area contributed by atoms with Gasteiger partial charge in [0.15, 0.2) is 0 Å². The van der Waals surface area contributed by atoms with Crippen molar-refractivity contribution < 1.29 is 14.3 Å². The lowest BCUT2D eigenvalue weighted by Gasteiger charge is -2.18. The summed E-state index contributed by atoms with van der Waals surface area (Å²) in [6, 6.07) is 12.8. The van der Waals surface area contributed by atoms with E-state index in [1.807, 2.05) is 50.2 Å². The Balaban J connectivity index is 1.91. The van der Waals surface area contributed by atoms with Gasteiger partial charge in [-0.15, -0.1) is 0 Å². The number of fused-ring (bicyclic) bond motifs is 1. The van der Waals surface area contributed by atoms with Gasteiger partial charge in [0.25, 0.3) is 5.91 Å². The molecule has 0 spiro atoms. The number of methoxy groups -OCH3 is 1. The Morgan fingerprint density at radius 2 is 1.87 bits per heavy atom. The average molecular weight is 485 g/mol. The van der Waals surface area contributed by atoms with Crippen LogP contribution in [0.5, 0.6) is 0 Å². The molecule has 0 aliphatic heterocycles. The summed E-state index contributed by atoms with van der Waals surface area (Å²) in [7, 11) is 1.27. The highest BCUT2D eigenvalue weighted by Crippen LogP contribution is 2.24. The summed E-state index contributed by atoms with van der Waals surface area (Å²) in [4.78, 5) is 40.8. The zero-order valence-electron chi connectivity index (χ0n) is 17.7. The number of hydrogen-bond donors (Lipinski definition) is 2. The summed E-state index contributed by atoms with van der Waals surface area (Å²) >= 11 is 3.55. The van der Waals surface area contributed by atoms with Crippen molar-refractivity contribution in [3.05, 3.63) is 80.0 Å². The number of pyridine rings is 1. The lowest BCUT2D eigenvalue weighted by atomic mass is 10.0. The summed E-state index contributed by atoms with van der Waals surface area (Å²) in [5, 5.41) is 3.03. The molecule has 31 heavy (non-hydrogen) atoms. The van der Waals surface area contributed by atoms with E-state index < -0.39 is 23.3 Å². The fourth-order valence-electron chi connectivity index (χ4n) is 3.47. The van der Waals surface area contributed by atoms with Crippen molar-refractivity contribution in [3.63, 3.8) is 0 Å². The number of amides is 1. The maximum atomic E-state index is 13.0. The monoisotopic (exact) mass is 484 g/mol. The molecule has 162 valence electrons. The minimum atomic E-state index is -0.812. The summed E-state index contributed by atoms with van der Waals surface area (Å²) in [5.74, 6) is -0.977. The van der Waals surface area contributed by atoms with Gasteiger partial charge in [-0.2, -0.15) is 0 Å². The quantitative estimate of drug-likeness (QED) is 0.491. The van der Waals surface area contributed by atoms with Crippen LogP contribution in [0.4, 0.5) is 0 Å². The van der Waals surface area contributed by atoms with Gasteiger partial charge in [-0.3, -0.25) is 9.59 Å². The number of halogens is 1. The number of esters is 1. The first-order chi connectivity index (χ1) is 14.8. The highest BCUT2D eigenvalue weighted by Gasteiger charge is 2.24. The Bertz CT molecular complexity index is 1160. The van der Waals surface area contributed by atoms with Crippen LogP contribution in [0.25, 0.3) is 10.9 Å². The predicted octanol–water partition coefficient (Wildman–Crippen LogP) is 4.20. The summed E-state index contributed by atoms with van der Waals surface area (Å²) < 4.78 is 5.57. The third-order valence-corrected chi connectivity index (χ3v) is 5.77. The van der Waals surface area contributed by atoms with Gasteiger partial charge in [-0.05, 0) is 42.0 Å². The molecule has 3 aromatic rings. The molecule has 0 fully saturated rings.